The fraction of sp³-hybridized carbons (Fsp3) is 0.0541. The van der Waals surface area contributed by atoms with Crippen LogP contribution in [-0.4, -0.2) is 11.0 Å². The lowest BCUT2D eigenvalue weighted by Crippen LogP contribution is -2.26. The second-order valence-electron chi connectivity index (χ2n) is 10.6. The summed E-state index contributed by atoms with van der Waals surface area (Å²) in [5.41, 5.74) is 14.0. The van der Waals surface area contributed by atoms with Gasteiger partial charge in [0.25, 0.3) is 0 Å². The molecular formula is C37H22N4. The van der Waals surface area contributed by atoms with Crippen LogP contribution in [0.25, 0.3) is 39.0 Å². The van der Waals surface area contributed by atoms with Gasteiger partial charge in [-0.15, -0.1) is 0 Å². The van der Waals surface area contributed by atoms with Crippen molar-refractivity contribution in [3.63, 3.8) is 0 Å². The summed E-state index contributed by atoms with van der Waals surface area (Å²) in [4.78, 5) is 4.19. The van der Waals surface area contributed by atoms with Gasteiger partial charge in [0, 0.05) is 6.20 Å². The Morgan fingerprint density at radius 2 is 1.27 bits per heavy atom. The van der Waals surface area contributed by atoms with Crippen LogP contribution in [0.1, 0.15) is 33.5 Å². The molecule has 4 aromatic carbocycles. The number of fused-ring (bicyclic) bond motifs is 10. The summed E-state index contributed by atoms with van der Waals surface area (Å²) in [5, 5.41) is 22.1. The van der Waals surface area contributed by atoms with Crippen LogP contribution < -0.4 is 5.32 Å². The molecule has 190 valence electrons. The molecule has 1 unspecified atom stereocenters. The lowest BCUT2D eigenvalue weighted by Gasteiger charge is -2.31. The minimum absolute atomic E-state index is 0.358. The lowest BCUT2D eigenvalue weighted by molar-refractivity contribution is 0.793. The first-order chi connectivity index (χ1) is 20.2. The zero-order valence-corrected chi connectivity index (χ0v) is 22.0. The first-order valence-corrected chi connectivity index (χ1v) is 13.6. The number of nitriles is 2. The zero-order chi connectivity index (χ0) is 27.6. The number of aromatic nitrogens is 1. The van der Waals surface area contributed by atoms with Crippen LogP contribution in [0.4, 0.5) is 0 Å². The summed E-state index contributed by atoms with van der Waals surface area (Å²) in [6.45, 7) is 0. The highest BCUT2D eigenvalue weighted by Crippen LogP contribution is 2.63. The van der Waals surface area contributed by atoms with Gasteiger partial charge in [-0.05, 0) is 109 Å². The molecule has 1 N–H and O–H groups in total. The number of nitrogens with one attached hydrogen (secondary N) is 1. The normalized spacial score (nSPS) is 16.4. The Morgan fingerprint density at radius 1 is 0.659 bits per heavy atom. The van der Waals surface area contributed by atoms with Crippen molar-refractivity contribution in [2.75, 3.05) is 0 Å². The van der Waals surface area contributed by atoms with Crippen LogP contribution >= 0.6 is 0 Å². The third kappa shape index (κ3) is 3.16. The van der Waals surface area contributed by atoms with Gasteiger partial charge in [0.1, 0.15) is 17.8 Å². The van der Waals surface area contributed by atoms with Gasteiger partial charge >= 0.3 is 0 Å². The van der Waals surface area contributed by atoms with Crippen molar-refractivity contribution in [3.05, 3.63) is 155 Å². The Labute approximate surface area is 238 Å². The summed E-state index contributed by atoms with van der Waals surface area (Å²) in [5.74, 6) is 0. The molecule has 1 atom stereocenters. The molecule has 0 amide bonds. The second kappa shape index (κ2) is 8.65. The summed E-state index contributed by atoms with van der Waals surface area (Å²) in [6, 6.07) is 38.8. The molecule has 1 aliphatic heterocycles. The van der Waals surface area contributed by atoms with Crippen LogP contribution in [0.2, 0.25) is 0 Å². The Bertz CT molecular complexity index is 2020. The van der Waals surface area contributed by atoms with Crippen molar-refractivity contribution < 1.29 is 0 Å². The van der Waals surface area contributed by atoms with E-state index in [1.807, 2.05) is 30.5 Å². The Balaban J connectivity index is 1.45. The molecule has 2 aliphatic carbocycles. The van der Waals surface area contributed by atoms with Gasteiger partial charge in [0.2, 0.25) is 0 Å². The van der Waals surface area contributed by atoms with Crippen LogP contribution in [0.15, 0.2) is 122 Å². The highest BCUT2D eigenvalue weighted by atomic mass is 14.9. The minimum atomic E-state index is -0.499. The largest absolute Gasteiger partial charge is 0.373 e. The van der Waals surface area contributed by atoms with E-state index in [0.29, 0.717) is 5.69 Å². The molecule has 8 rings (SSSR count). The maximum Gasteiger partial charge on any atom is 0.141 e. The van der Waals surface area contributed by atoms with E-state index in [2.05, 4.69) is 107 Å². The smallest absolute Gasteiger partial charge is 0.141 e. The molecule has 2 heterocycles. The van der Waals surface area contributed by atoms with E-state index in [1.165, 1.54) is 44.5 Å². The van der Waals surface area contributed by atoms with Crippen molar-refractivity contribution in [1.29, 1.82) is 10.5 Å². The number of nitrogens with zero attached hydrogens (tertiary/aromatic N) is 3. The summed E-state index contributed by atoms with van der Waals surface area (Å²) < 4.78 is 0. The van der Waals surface area contributed by atoms with Crippen molar-refractivity contribution in [2.24, 2.45) is 0 Å². The SMILES string of the molecule is N#Cc1cc(-c2ccc3c(c2)C2(c4ccccc4-c4ccccc42)c2cc(C4=CC(C#N)NC=C4)ccc2-3)ccn1. The van der Waals surface area contributed by atoms with E-state index >= 15 is 0 Å². The fourth-order valence-corrected chi connectivity index (χ4v) is 6.96. The molecule has 4 heteroatoms. The number of hydrogen-bond acceptors (Lipinski definition) is 4. The maximum atomic E-state index is 9.56. The molecule has 0 radical (unpaired) electrons. The standard InChI is InChI=1S/C37H22N4/c38-21-27-17-25(13-15-40-27)23-9-11-31-32-12-10-24(26-14-16-41-28(18-26)22-39)20-36(32)37(35(31)19-23)33-7-3-1-5-29(33)30-6-2-4-8-34(30)37/h1-20,27,40H. The van der Waals surface area contributed by atoms with Gasteiger partial charge < -0.3 is 5.32 Å². The van der Waals surface area contributed by atoms with E-state index < -0.39 is 5.41 Å². The van der Waals surface area contributed by atoms with E-state index in [9.17, 15) is 10.5 Å². The van der Waals surface area contributed by atoms with Gasteiger partial charge in [0.15, 0.2) is 0 Å². The molecule has 0 saturated heterocycles. The van der Waals surface area contributed by atoms with Gasteiger partial charge in [-0.25, -0.2) is 4.98 Å². The Hall–Kier alpha value is -5.71. The summed E-state index contributed by atoms with van der Waals surface area (Å²) >= 11 is 0. The maximum absolute atomic E-state index is 9.56. The number of benzene rings is 4. The Morgan fingerprint density at radius 3 is 1.95 bits per heavy atom. The number of dihydropyridines is 1. The second-order valence-corrected chi connectivity index (χ2v) is 10.6. The number of allylic oxidation sites excluding steroid dienone is 2. The third-order valence-electron chi connectivity index (χ3n) is 8.65. The van der Waals surface area contributed by atoms with Crippen molar-refractivity contribution in [3.8, 4) is 45.5 Å². The number of hydrogen-bond donors (Lipinski definition) is 1. The summed E-state index contributed by atoms with van der Waals surface area (Å²) in [6.07, 6.45) is 7.58. The van der Waals surface area contributed by atoms with E-state index in [0.717, 1.165) is 22.3 Å². The molecule has 0 saturated carbocycles. The van der Waals surface area contributed by atoms with Gasteiger partial charge in [-0.3, -0.25) is 0 Å². The van der Waals surface area contributed by atoms with Crippen LogP contribution in [-0.2, 0) is 5.41 Å². The van der Waals surface area contributed by atoms with Crippen LogP contribution in [0.5, 0.6) is 0 Å². The predicted molar refractivity (Wildman–Crippen MR) is 160 cm³/mol. The van der Waals surface area contributed by atoms with Crippen LogP contribution in [0.3, 0.4) is 0 Å². The van der Waals surface area contributed by atoms with E-state index in [4.69, 9.17) is 0 Å². The predicted octanol–water partition coefficient (Wildman–Crippen LogP) is 7.36. The van der Waals surface area contributed by atoms with Gasteiger partial charge in [-0.1, -0.05) is 72.8 Å². The molecule has 0 bridgehead atoms. The van der Waals surface area contributed by atoms with Gasteiger partial charge in [0.05, 0.1) is 11.5 Å². The highest BCUT2D eigenvalue weighted by Gasteiger charge is 2.51. The first kappa shape index (κ1) is 23.2. The van der Waals surface area contributed by atoms with E-state index in [-0.39, 0.29) is 6.04 Å². The van der Waals surface area contributed by atoms with Crippen LogP contribution in [0, 0.1) is 22.7 Å². The number of pyridine rings is 1. The average Bonchev–Trinajstić information content (AvgIpc) is 3.51. The third-order valence-corrected chi connectivity index (χ3v) is 8.65. The lowest BCUT2D eigenvalue weighted by atomic mass is 9.70. The molecule has 5 aromatic rings. The van der Waals surface area contributed by atoms with Gasteiger partial charge in [-0.2, -0.15) is 10.5 Å². The quantitative estimate of drug-likeness (QED) is 0.258. The molecule has 41 heavy (non-hydrogen) atoms. The molecule has 3 aliphatic rings. The molecule has 1 spiro atoms. The minimum Gasteiger partial charge on any atom is -0.373 e. The zero-order valence-electron chi connectivity index (χ0n) is 22.0. The molecule has 1 aromatic heterocycles. The monoisotopic (exact) mass is 522 g/mol. The average molecular weight is 523 g/mol. The summed E-state index contributed by atoms with van der Waals surface area (Å²) in [7, 11) is 0. The highest BCUT2D eigenvalue weighted by molar-refractivity contribution is 5.96. The molecule has 0 fully saturated rings. The fourth-order valence-electron chi connectivity index (χ4n) is 6.96. The first-order valence-electron chi connectivity index (χ1n) is 13.6. The van der Waals surface area contributed by atoms with Crippen molar-refractivity contribution in [1.82, 2.24) is 10.3 Å². The van der Waals surface area contributed by atoms with E-state index in [1.54, 1.807) is 6.20 Å². The molecular weight excluding hydrogens is 500 g/mol. The Kier molecular flexibility index (Phi) is 4.89. The van der Waals surface area contributed by atoms with Crippen molar-refractivity contribution in [2.45, 2.75) is 11.5 Å². The topological polar surface area (TPSA) is 72.5 Å². The molecule has 4 nitrogen and oxygen atoms in total. The number of rotatable bonds is 2. The van der Waals surface area contributed by atoms with Crippen molar-refractivity contribution >= 4 is 5.57 Å².